The van der Waals surface area contributed by atoms with Crippen molar-refractivity contribution >= 4 is 6.08 Å². The molecule has 2 nitrogen and oxygen atoms in total. The second-order valence-electron chi connectivity index (χ2n) is 4.53. The highest BCUT2D eigenvalue weighted by Crippen LogP contribution is 2.27. The van der Waals surface area contributed by atoms with Gasteiger partial charge in [-0.15, -0.1) is 0 Å². The minimum absolute atomic E-state index is 0.441. The summed E-state index contributed by atoms with van der Waals surface area (Å²) >= 11 is 0. The molecule has 0 aromatic carbocycles. The van der Waals surface area contributed by atoms with Gasteiger partial charge in [0.15, 0.2) is 0 Å². The van der Waals surface area contributed by atoms with Crippen molar-refractivity contribution in [3.8, 4) is 11.1 Å². The minimum atomic E-state index is -0.552. The Balaban J connectivity index is 0.00000116. The van der Waals surface area contributed by atoms with Gasteiger partial charge in [-0.05, 0) is 29.2 Å². The van der Waals surface area contributed by atoms with Gasteiger partial charge in [-0.3, -0.25) is 0 Å². The van der Waals surface area contributed by atoms with Crippen molar-refractivity contribution in [2.75, 3.05) is 6.61 Å². The van der Waals surface area contributed by atoms with E-state index in [1.807, 2.05) is 30.4 Å². The van der Waals surface area contributed by atoms with Crippen LogP contribution >= 0.6 is 0 Å². The molecule has 0 aromatic heterocycles. The predicted octanol–water partition coefficient (Wildman–Crippen LogP) is 4.46. The van der Waals surface area contributed by atoms with Gasteiger partial charge in [0, 0.05) is 0 Å². The molecular formula is C18H18F2O2. The van der Waals surface area contributed by atoms with Crippen LogP contribution in [0.5, 0.6) is 0 Å². The average molecular weight is 304 g/mol. The molecule has 4 heteroatoms. The first-order chi connectivity index (χ1) is 10.7. The van der Waals surface area contributed by atoms with Crippen LogP contribution in [0.1, 0.15) is 12.5 Å². The van der Waals surface area contributed by atoms with Crippen molar-refractivity contribution in [1.82, 2.24) is 0 Å². The molecule has 0 heterocycles. The first kappa shape index (κ1) is 17.8. The van der Waals surface area contributed by atoms with Crippen LogP contribution in [0.2, 0.25) is 0 Å². The summed E-state index contributed by atoms with van der Waals surface area (Å²) in [6.07, 6.45) is 7.28. The van der Waals surface area contributed by atoms with E-state index in [0.717, 1.165) is 5.56 Å². The van der Waals surface area contributed by atoms with Gasteiger partial charge < -0.3 is 5.11 Å². The summed E-state index contributed by atoms with van der Waals surface area (Å²) in [5.74, 6) is -0.500. The molecule has 0 bridgehead atoms. The Morgan fingerprint density at radius 1 is 1.05 bits per heavy atom. The number of rotatable bonds is 4. The summed E-state index contributed by atoms with van der Waals surface area (Å²) in [4.78, 5) is 0. The summed E-state index contributed by atoms with van der Waals surface area (Å²) in [5, 5.41) is 14.2. The molecule has 2 aliphatic carbocycles. The summed E-state index contributed by atoms with van der Waals surface area (Å²) in [6.45, 7) is 1.08. The molecule has 2 aliphatic rings. The van der Waals surface area contributed by atoms with Crippen LogP contribution in [0.15, 0.2) is 72.1 Å². The normalized spacial score (nSPS) is 12.4. The van der Waals surface area contributed by atoms with Crippen molar-refractivity contribution in [1.29, 1.82) is 0 Å². The average Bonchev–Trinajstić information content (AvgIpc) is 2.79. The molecule has 2 rings (SSSR count). The third kappa shape index (κ3) is 4.91. The minimum Gasteiger partial charge on any atom is -0.389 e. The molecule has 0 radical (unpaired) electrons. The number of halogens is 2. The summed E-state index contributed by atoms with van der Waals surface area (Å²) in [5.41, 5.74) is 3.95. The highest BCUT2D eigenvalue weighted by atomic mass is 19.3. The molecular weight excluding hydrogens is 286 g/mol. The third-order valence-electron chi connectivity index (χ3n) is 3.13. The van der Waals surface area contributed by atoms with Crippen LogP contribution in [0.3, 0.4) is 0 Å². The van der Waals surface area contributed by atoms with Crippen LogP contribution in [0.4, 0.5) is 8.92 Å². The molecule has 0 unspecified atom stereocenters. The molecule has 0 amide bonds. The van der Waals surface area contributed by atoms with E-state index < -0.39 is 12.4 Å². The van der Waals surface area contributed by atoms with E-state index in [1.165, 1.54) is 11.1 Å². The van der Waals surface area contributed by atoms with E-state index in [1.54, 1.807) is 19.1 Å². The second kappa shape index (κ2) is 9.60. The van der Waals surface area contributed by atoms with E-state index in [-0.39, 0.29) is 0 Å². The lowest BCUT2D eigenvalue weighted by Gasteiger charge is -1.95. The second-order valence-corrected chi connectivity index (χ2v) is 4.53. The van der Waals surface area contributed by atoms with Gasteiger partial charge in [0.25, 0.3) is 0 Å². The predicted molar refractivity (Wildman–Crippen MR) is 85.5 cm³/mol. The van der Waals surface area contributed by atoms with Crippen molar-refractivity contribution in [2.45, 2.75) is 6.92 Å². The molecule has 116 valence electrons. The highest BCUT2D eigenvalue weighted by Gasteiger charge is 2.03. The molecule has 0 atom stereocenters. The first-order valence-electron chi connectivity index (χ1n) is 6.68. The Labute approximate surface area is 128 Å². The Hall–Kier alpha value is -2.30. The van der Waals surface area contributed by atoms with Gasteiger partial charge in [-0.25, -0.2) is 9.70 Å². The zero-order chi connectivity index (χ0) is 16.4. The van der Waals surface area contributed by atoms with Crippen LogP contribution in [-0.4, -0.2) is 17.0 Å². The van der Waals surface area contributed by atoms with E-state index in [4.69, 9.17) is 14.9 Å². The van der Waals surface area contributed by atoms with Crippen molar-refractivity contribution in [3.05, 3.63) is 77.7 Å². The fourth-order valence-corrected chi connectivity index (χ4v) is 1.96. The van der Waals surface area contributed by atoms with Gasteiger partial charge in [-0.1, -0.05) is 71.3 Å². The third-order valence-corrected chi connectivity index (χ3v) is 3.13. The fraction of sp³-hybridized carbons (Fsp3) is 0.111. The maximum atomic E-state index is 13.0. The van der Waals surface area contributed by atoms with Crippen LogP contribution in [-0.2, 0) is 0 Å². The topological polar surface area (TPSA) is 40.5 Å². The summed E-state index contributed by atoms with van der Waals surface area (Å²) in [7, 11) is 0. The Bertz CT molecular complexity index is 645. The molecule has 22 heavy (non-hydrogen) atoms. The van der Waals surface area contributed by atoms with Crippen molar-refractivity contribution in [3.63, 3.8) is 0 Å². The van der Waals surface area contributed by atoms with Crippen LogP contribution in [0.25, 0.3) is 17.2 Å². The Morgan fingerprint density at radius 2 is 1.77 bits per heavy atom. The Morgan fingerprint density at radius 3 is 2.50 bits per heavy atom. The van der Waals surface area contributed by atoms with Gasteiger partial charge in [-0.2, -0.15) is 0 Å². The van der Waals surface area contributed by atoms with E-state index in [0.29, 0.717) is 5.57 Å². The standard InChI is InChI=1S/C18H17FO.FHO/c1-14(18(19)13-20)7-5-6-9-16-12-11-15-8-3-2-4-10-17(15)16;1-2/h2-12,20H,13H2,1H3;2H. The maximum Gasteiger partial charge on any atom is 0.128 e. The first-order valence-corrected chi connectivity index (χ1v) is 6.68. The number of hydrogen-bond acceptors (Lipinski definition) is 2. The molecule has 0 aromatic rings. The van der Waals surface area contributed by atoms with E-state index >= 15 is 0 Å². The largest absolute Gasteiger partial charge is 0.389 e. The van der Waals surface area contributed by atoms with Crippen LogP contribution < -0.4 is 0 Å². The fourth-order valence-electron chi connectivity index (χ4n) is 1.96. The molecule has 2 N–H and O–H groups in total. The van der Waals surface area contributed by atoms with E-state index in [2.05, 4.69) is 24.3 Å². The summed E-state index contributed by atoms with van der Waals surface area (Å²) < 4.78 is 21.5. The maximum absolute atomic E-state index is 13.0. The zero-order valence-electron chi connectivity index (χ0n) is 12.2. The number of aliphatic hydroxyl groups is 1. The molecule has 0 fully saturated rings. The number of aliphatic hydroxyl groups excluding tert-OH is 1. The number of fused-ring (bicyclic) bond motifs is 1. The summed E-state index contributed by atoms with van der Waals surface area (Å²) in [6, 6.07) is 14.3. The number of hydrogen-bond donors (Lipinski definition) is 2. The smallest absolute Gasteiger partial charge is 0.128 e. The SMILES string of the molecule is CC(C=CC=Cc1ccc2cccccc1-2)=C(F)CO.OF. The quantitative estimate of drug-likeness (QED) is 0.819. The van der Waals surface area contributed by atoms with Gasteiger partial charge in [0.05, 0.1) is 6.61 Å². The monoisotopic (exact) mass is 304 g/mol. The molecule has 0 spiro atoms. The van der Waals surface area contributed by atoms with Crippen molar-refractivity contribution in [2.24, 2.45) is 0 Å². The van der Waals surface area contributed by atoms with Gasteiger partial charge in [0.2, 0.25) is 0 Å². The molecule has 0 aliphatic heterocycles. The van der Waals surface area contributed by atoms with Gasteiger partial charge >= 0.3 is 0 Å². The molecule has 0 saturated heterocycles. The molecule has 0 saturated carbocycles. The van der Waals surface area contributed by atoms with Gasteiger partial charge in [0.1, 0.15) is 5.83 Å². The lowest BCUT2D eigenvalue weighted by atomic mass is 10.1. The van der Waals surface area contributed by atoms with Crippen molar-refractivity contribution < 1.29 is 19.3 Å². The van der Waals surface area contributed by atoms with Crippen LogP contribution in [0, 0.1) is 0 Å². The lowest BCUT2D eigenvalue weighted by molar-refractivity contribution is -0.0441. The zero-order valence-corrected chi connectivity index (χ0v) is 12.2. The highest BCUT2D eigenvalue weighted by molar-refractivity contribution is 5.78. The lowest BCUT2D eigenvalue weighted by Crippen LogP contribution is -1.85. The Kier molecular flexibility index (Phi) is 7.75. The number of allylic oxidation sites excluding steroid dienone is 4. The van der Waals surface area contributed by atoms with E-state index in [9.17, 15) is 4.39 Å².